The molecule has 4 heterocycles. The molecule has 0 N–H and O–H groups in total. The molecule has 30 heavy (non-hydrogen) atoms. The molecule has 0 aromatic carbocycles. The first-order chi connectivity index (χ1) is 14.2. The summed E-state index contributed by atoms with van der Waals surface area (Å²) in [6, 6.07) is 0. The van der Waals surface area contributed by atoms with E-state index >= 15 is 0 Å². The summed E-state index contributed by atoms with van der Waals surface area (Å²) in [6.45, 7) is 14.5. The van der Waals surface area contributed by atoms with Gasteiger partial charge in [0.1, 0.15) is 11.6 Å². The average Bonchev–Trinajstić information content (AvgIpc) is 2.72. The third-order valence-electron chi connectivity index (χ3n) is 7.51. The van der Waals surface area contributed by atoms with Crippen LogP contribution in [-0.4, -0.2) is 65.4 Å². The number of piperidine rings is 2. The summed E-state index contributed by atoms with van der Waals surface area (Å²) in [4.78, 5) is 29.2. The molecule has 166 valence electrons. The Balaban J connectivity index is 1.65. The van der Waals surface area contributed by atoms with Crippen molar-refractivity contribution in [3.8, 4) is 0 Å². The summed E-state index contributed by atoms with van der Waals surface area (Å²) in [7, 11) is 2.20. The van der Waals surface area contributed by atoms with Crippen LogP contribution >= 0.6 is 0 Å². The van der Waals surface area contributed by atoms with E-state index in [-0.39, 0.29) is 5.91 Å². The van der Waals surface area contributed by atoms with E-state index in [1.165, 1.54) is 43.5 Å². The first-order valence-corrected chi connectivity index (χ1v) is 11.8. The molecule has 1 amide bonds. The first-order valence-electron chi connectivity index (χ1n) is 11.8. The predicted octanol–water partition coefficient (Wildman–Crippen LogP) is 3.45. The Labute approximate surface area is 182 Å². The summed E-state index contributed by atoms with van der Waals surface area (Å²) >= 11 is 0. The summed E-state index contributed by atoms with van der Waals surface area (Å²) < 4.78 is 0. The Morgan fingerprint density at radius 3 is 2.40 bits per heavy atom. The molecule has 2 fully saturated rings. The molecule has 1 atom stereocenters. The van der Waals surface area contributed by atoms with Crippen LogP contribution in [0.2, 0.25) is 0 Å². The van der Waals surface area contributed by atoms with Gasteiger partial charge >= 0.3 is 0 Å². The number of likely N-dealkylation sites (tertiary alicyclic amines) is 1. The van der Waals surface area contributed by atoms with E-state index in [1.54, 1.807) is 6.92 Å². The monoisotopic (exact) mass is 413 g/mol. The molecule has 3 aliphatic heterocycles. The molecule has 0 radical (unpaired) electrons. The summed E-state index contributed by atoms with van der Waals surface area (Å²) in [5.41, 5.74) is 2.73. The Hall–Kier alpha value is -1.69. The Kier molecular flexibility index (Phi) is 6.06. The van der Waals surface area contributed by atoms with Crippen LogP contribution in [0.5, 0.6) is 0 Å². The van der Waals surface area contributed by atoms with Crippen LogP contribution in [0, 0.1) is 11.3 Å². The number of rotatable bonds is 2. The summed E-state index contributed by atoms with van der Waals surface area (Å²) in [5, 5.41) is 0. The van der Waals surface area contributed by atoms with E-state index < -0.39 is 0 Å². The second-order valence-electron chi connectivity index (χ2n) is 10.7. The van der Waals surface area contributed by atoms with Gasteiger partial charge in [-0.2, -0.15) is 0 Å². The van der Waals surface area contributed by atoms with Crippen LogP contribution in [0.3, 0.4) is 0 Å². The van der Waals surface area contributed by atoms with Crippen molar-refractivity contribution < 1.29 is 4.79 Å². The standard InChI is InChI=1S/C24H39N5O/c1-17(30)29-14-10-21-20(16-29)23(28-12-8-19(9-13-28)24(2,3)4)26-22(25-21)18-7-6-11-27(5)15-18/h18-19H,6-16H2,1-5H3. The van der Waals surface area contributed by atoms with Gasteiger partial charge in [-0.15, -0.1) is 0 Å². The van der Waals surface area contributed by atoms with Crippen molar-refractivity contribution in [1.82, 2.24) is 19.8 Å². The lowest BCUT2D eigenvalue weighted by Gasteiger charge is -2.41. The molecule has 4 rings (SSSR count). The Bertz CT molecular complexity index is 779. The minimum Gasteiger partial charge on any atom is -0.356 e. The Morgan fingerprint density at radius 2 is 1.77 bits per heavy atom. The van der Waals surface area contributed by atoms with Crippen molar-refractivity contribution in [1.29, 1.82) is 0 Å². The molecule has 6 nitrogen and oxygen atoms in total. The van der Waals surface area contributed by atoms with Crippen LogP contribution in [0.25, 0.3) is 0 Å². The molecule has 6 heteroatoms. The zero-order valence-electron chi connectivity index (χ0n) is 19.6. The van der Waals surface area contributed by atoms with Crippen LogP contribution < -0.4 is 4.90 Å². The minimum absolute atomic E-state index is 0.149. The Morgan fingerprint density at radius 1 is 1.03 bits per heavy atom. The lowest BCUT2D eigenvalue weighted by Crippen LogP contribution is -2.41. The molecule has 3 aliphatic rings. The van der Waals surface area contributed by atoms with Gasteiger partial charge in [-0.1, -0.05) is 20.8 Å². The molecular weight excluding hydrogens is 374 g/mol. The number of carbonyl (C=O) groups is 1. The van der Waals surface area contributed by atoms with Gasteiger partial charge in [0.05, 0.1) is 12.2 Å². The second-order valence-corrected chi connectivity index (χ2v) is 10.7. The maximum Gasteiger partial charge on any atom is 0.219 e. The topological polar surface area (TPSA) is 52.6 Å². The highest BCUT2D eigenvalue weighted by molar-refractivity contribution is 5.74. The molecule has 0 aliphatic carbocycles. The normalized spacial score (nSPS) is 24.1. The molecule has 0 spiro atoms. The lowest BCUT2D eigenvalue weighted by atomic mass is 9.75. The fourth-order valence-corrected chi connectivity index (χ4v) is 5.46. The first kappa shape index (κ1) is 21.5. The van der Waals surface area contributed by atoms with Gasteiger partial charge in [-0.05, 0) is 50.6 Å². The second kappa shape index (κ2) is 8.45. The highest BCUT2D eigenvalue weighted by Crippen LogP contribution is 2.37. The summed E-state index contributed by atoms with van der Waals surface area (Å²) in [5.74, 6) is 3.47. The van der Waals surface area contributed by atoms with E-state index in [0.717, 1.165) is 50.2 Å². The highest BCUT2D eigenvalue weighted by atomic mass is 16.2. The van der Waals surface area contributed by atoms with Gasteiger partial charge in [0.15, 0.2) is 0 Å². The van der Waals surface area contributed by atoms with Crippen molar-refractivity contribution >= 4 is 11.7 Å². The zero-order chi connectivity index (χ0) is 21.5. The quantitative estimate of drug-likeness (QED) is 0.743. The fourth-order valence-electron chi connectivity index (χ4n) is 5.46. The third kappa shape index (κ3) is 4.48. The number of fused-ring (bicyclic) bond motifs is 1. The van der Waals surface area contributed by atoms with E-state index in [2.05, 4.69) is 37.6 Å². The van der Waals surface area contributed by atoms with Crippen molar-refractivity contribution in [2.75, 3.05) is 44.7 Å². The van der Waals surface area contributed by atoms with Gasteiger partial charge in [0.25, 0.3) is 0 Å². The number of hydrogen-bond donors (Lipinski definition) is 0. The summed E-state index contributed by atoms with van der Waals surface area (Å²) in [6.07, 6.45) is 5.65. The van der Waals surface area contributed by atoms with E-state index in [1.807, 2.05) is 4.90 Å². The average molecular weight is 414 g/mol. The van der Waals surface area contributed by atoms with Gasteiger partial charge in [0, 0.05) is 51.0 Å². The van der Waals surface area contributed by atoms with Crippen molar-refractivity contribution in [3.05, 3.63) is 17.1 Å². The maximum absolute atomic E-state index is 12.1. The van der Waals surface area contributed by atoms with Crippen LogP contribution in [0.15, 0.2) is 0 Å². The third-order valence-corrected chi connectivity index (χ3v) is 7.51. The van der Waals surface area contributed by atoms with Crippen LogP contribution in [0.4, 0.5) is 5.82 Å². The molecule has 0 bridgehead atoms. The van der Waals surface area contributed by atoms with Gasteiger partial charge in [-0.25, -0.2) is 9.97 Å². The SMILES string of the molecule is CC(=O)N1CCc2nc(C3CCCN(C)C3)nc(N3CCC(C(C)(C)C)CC3)c2C1. The zero-order valence-corrected chi connectivity index (χ0v) is 19.6. The number of anilines is 1. The van der Waals surface area contributed by atoms with Gasteiger partial charge < -0.3 is 14.7 Å². The molecular formula is C24H39N5O. The molecule has 0 saturated carbocycles. The fraction of sp³-hybridized carbons (Fsp3) is 0.792. The number of likely N-dealkylation sites (N-methyl/N-ethyl adjacent to an activating group) is 1. The lowest BCUT2D eigenvalue weighted by molar-refractivity contribution is -0.129. The molecule has 1 aromatic heterocycles. The van der Waals surface area contributed by atoms with Gasteiger partial charge in [0.2, 0.25) is 5.91 Å². The number of carbonyl (C=O) groups excluding carboxylic acids is 1. The van der Waals surface area contributed by atoms with E-state index in [9.17, 15) is 4.79 Å². The molecule has 1 unspecified atom stereocenters. The molecule has 2 saturated heterocycles. The predicted molar refractivity (Wildman–Crippen MR) is 121 cm³/mol. The number of aromatic nitrogens is 2. The molecule has 1 aromatic rings. The van der Waals surface area contributed by atoms with E-state index in [0.29, 0.717) is 17.9 Å². The van der Waals surface area contributed by atoms with Crippen molar-refractivity contribution in [2.45, 2.75) is 72.3 Å². The maximum atomic E-state index is 12.1. The highest BCUT2D eigenvalue weighted by Gasteiger charge is 2.33. The van der Waals surface area contributed by atoms with Crippen molar-refractivity contribution in [3.63, 3.8) is 0 Å². The number of hydrogen-bond acceptors (Lipinski definition) is 5. The van der Waals surface area contributed by atoms with Crippen LogP contribution in [-0.2, 0) is 17.8 Å². The minimum atomic E-state index is 0.149. The number of amides is 1. The largest absolute Gasteiger partial charge is 0.356 e. The van der Waals surface area contributed by atoms with Crippen LogP contribution in [0.1, 0.15) is 76.4 Å². The van der Waals surface area contributed by atoms with Crippen molar-refractivity contribution in [2.24, 2.45) is 11.3 Å². The number of nitrogens with zero attached hydrogens (tertiary/aromatic N) is 5. The van der Waals surface area contributed by atoms with E-state index in [4.69, 9.17) is 9.97 Å². The van der Waals surface area contributed by atoms with Gasteiger partial charge in [-0.3, -0.25) is 4.79 Å². The smallest absolute Gasteiger partial charge is 0.219 e.